The number of carbonyl (C=O) groups is 4. The first kappa shape index (κ1) is 35.1. The van der Waals surface area contributed by atoms with Gasteiger partial charge in [0.15, 0.2) is 0 Å². The smallest absolute Gasteiger partial charge is 0.416 e. The number of hydrogen-bond donors (Lipinski definition) is 2. The first-order valence-electron chi connectivity index (χ1n) is 15.4. The van der Waals surface area contributed by atoms with Crippen LogP contribution < -0.4 is 10.1 Å². The number of amides is 2. The minimum Gasteiger partial charge on any atom is -0.480 e. The lowest BCUT2D eigenvalue weighted by atomic mass is 10.0. The van der Waals surface area contributed by atoms with Crippen molar-refractivity contribution in [2.45, 2.75) is 26.1 Å². The van der Waals surface area contributed by atoms with E-state index < -0.39 is 48.5 Å². The average molecular weight is 681 g/mol. The average Bonchev–Trinajstić information content (AvgIpc) is 3.09. The molecule has 11 heteroatoms. The number of hydrogen-bond acceptors (Lipinski definition) is 5. The molecule has 0 bridgehead atoms. The second-order valence-corrected chi connectivity index (χ2v) is 11.5. The summed E-state index contributed by atoms with van der Waals surface area (Å²) >= 11 is 0. The maximum Gasteiger partial charge on any atom is 0.416 e. The number of benzene rings is 5. The Hall–Kier alpha value is -6.23. The number of anilines is 1. The second kappa shape index (κ2) is 15.3. The molecule has 0 aliphatic carbocycles. The molecule has 5 aromatic carbocycles. The molecular formula is C39H31F3N2O6. The number of rotatable bonds is 11. The van der Waals surface area contributed by atoms with Gasteiger partial charge in [-0.25, -0.2) is 4.79 Å². The number of alkyl halides is 3. The number of nitrogens with zero attached hydrogens (tertiary/aromatic N) is 1. The van der Waals surface area contributed by atoms with Crippen LogP contribution in [0.3, 0.4) is 0 Å². The number of esters is 1. The summed E-state index contributed by atoms with van der Waals surface area (Å²) in [6, 6.07) is 31.7. The molecule has 0 unspecified atom stereocenters. The molecule has 8 nitrogen and oxygen atoms in total. The van der Waals surface area contributed by atoms with Crippen molar-refractivity contribution in [2.24, 2.45) is 0 Å². The van der Waals surface area contributed by atoms with Crippen LogP contribution in [0.25, 0.3) is 11.1 Å². The first-order chi connectivity index (χ1) is 23.9. The van der Waals surface area contributed by atoms with Crippen molar-refractivity contribution in [1.29, 1.82) is 0 Å². The molecule has 254 valence electrons. The number of aryl methyl sites for hydroxylation is 1. The van der Waals surface area contributed by atoms with E-state index in [4.69, 9.17) is 4.74 Å². The molecule has 0 radical (unpaired) electrons. The van der Waals surface area contributed by atoms with Crippen molar-refractivity contribution < 1.29 is 42.2 Å². The standard InChI is InChI=1S/C39H31F3N2O6/c1-25-6-10-27(11-7-25)28-12-14-30(15-13-28)38(49)50-33-20-8-26(9-21-33)23-44(24-36(46)47)37(48)29-16-18-32(19-17-29)43-35(45)22-31-4-2-3-5-34(31)39(40,41)42/h2-21H,22-24H2,1H3,(H,43,45)(H,46,47). The Bertz CT molecular complexity index is 1990. The summed E-state index contributed by atoms with van der Waals surface area (Å²) in [6.45, 7) is 1.33. The number of ether oxygens (including phenoxy) is 1. The van der Waals surface area contributed by atoms with Crippen LogP contribution in [0.2, 0.25) is 0 Å². The van der Waals surface area contributed by atoms with E-state index in [9.17, 15) is 37.5 Å². The van der Waals surface area contributed by atoms with E-state index in [1.165, 1.54) is 42.5 Å². The lowest BCUT2D eigenvalue weighted by Crippen LogP contribution is -2.35. The zero-order valence-corrected chi connectivity index (χ0v) is 26.7. The van der Waals surface area contributed by atoms with E-state index >= 15 is 0 Å². The highest BCUT2D eigenvalue weighted by molar-refractivity contribution is 5.97. The largest absolute Gasteiger partial charge is 0.480 e. The maximum absolute atomic E-state index is 13.3. The van der Waals surface area contributed by atoms with Crippen molar-refractivity contribution >= 4 is 29.4 Å². The number of carboxylic acid groups (broad SMARTS) is 1. The number of aliphatic carboxylic acids is 1. The third kappa shape index (κ3) is 9.22. The Morgan fingerprint density at radius 2 is 1.32 bits per heavy atom. The van der Waals surface area contributed by atoms with Crippen molar-refractivity contribution in [3.05, 3.63) is 155 Å². The van der Waals surface area contributed by atoms with Gasteiger partial charge in [-0.1, -0.05) is 72.3 Å². The van der Waals surface area contributed by atoms with Crippen LogP contribution in [0, 0.1) is 6.92 Å². The van der Waals surface area contributed by atoms with Crippen molar-refractivity contribution in [3.8, 4) is 16.9 Å². The van der Waals surface area contributed by atoms with Crippen LogP contribution in [-0.2, 0) is 28.7 Å². The summed E-state index contributed by atoms with van der Waals surface area (Å²) in [6.07, 6.45) is -5.12. The van der Waals surface area contributed by atoms with E-state index in [1.54, 1.807) is 36.4 Å². The summed E-state index contributed by atoms with van der Waals surface area (Å²) in [4.78, 5) is 51.2. The van der Waals surface area contributed by atoms with Gasteiger partial charge >= 0.3 is 18.1 Å². The van der Waals surface area contributed by atoms with Crippen LogP contribution in [-0.4, -0.2) is 40.3 Å². The molecule has 2 N–H and O–H groups in total. The summed E-state index contributed by atoms with van der Waals surface area (Å²) < 4.78 is 45.4. The predicted octanol–water partition coefficient (Wildman–Crippen LogP) is 7.81. The van der Waals surface area contributed by atoms with Gasteiger partial charge in [-0.2, -0.15) is 13.2 Å². The highest BCUT2D eigenvalue weighted by Crippen LogP contribution is 2.32. The zero-order valence-electron chi connectivity index (χ0n) is 26.7. The molecule has 0 aromatic heterocycles. The molecule has 5 rings (SSSR count). The number of nitrogens with one attached hydrogen (secondary N) is 1. The van der Waals surface area contributed by atoms with Gasteiger partial charge in [0.2, 0.25) is 5.91 Å². The topological polar surface area (TPSA) is 113 Å². The fourth-order valence-electron chi connectivity index (χ4n) is 5.16. The molecule has 2 amide bonds. The van der Waals surface area contributed by atoms with Gasteiger partial charge in [0.25, 0.3) is 5.91 Å². The Kier molecular flexibility index (Phi) is 10.8. The van der Waals surface area contributed by atoms with Gasteiger partial charge in [-0.3, -0.25) is 14.4 Å². The molecule has 0 heterocycles. The van der Waals surface area contributed by atoms with E-state index in [2.05, 4.69) is 5.32 Å². The van der Waals surface area contributed by atoms with Crippen molar-refractivity contribution in [2.75, 3.05) is 11.9 Å². The monoisotopic (exact) mass is 680 g/mol. The third-order valence-corrected chi connectivity index (χ3v) is 7.72. The predicted molar refractivity (Wildman–Crippen MR) is 181 cm³/mol. The number of carboxylic acids is 1. The minimum atomic E-state index is -4.61. The third-order valence-electron chi connectivity index (χ3n) is 7.72. The summed E-state index contributed by atoms with van der Waals surface area (Å²) in [7, 11) is 0. The Morgan fingerprint density at radius 1 is 0.740 bits per heavy atom. The van der Waals surface area contributed by atoms with Gasteiger partial charge in [0, 0.05) is 17.8 Å². The van der Waals surface area contributed by atoms with Gasteiger partial charge in [-0.05, 0) is 83.8 Å². The fourth-order valence-corrected chi connectivity index (χ4v) is 5.16. The quantitative estimate of drug-likeness (QED) is 0.109. The zero-order chi connectivity index (χ0) is 35.8. The molecule has 5 aromatic rings. The second-order valence-electron chi connectivity index (χ2n) is 11.5. The number of halogens is 3. The molecule has 0 saturated carbocycles. The molecule has 0 aliphatic rings. The molecule has 0 saturated heterocycles. The Labute approximate surface area is 285 Å². The Balaban J connectivity index is 1.19. The molecule has 0 atom stereocenters. The molecule has 0 fully saturated rings. The Morgan fingerprint density at radius 3 is 1.92 bits per heavy atom. The van der Waals surface area contributed by atoms with Crippen LogP contribution in [0.15, 0.2) is 121 Å². The first-order valence-corrected chi connectivity index (χ1v) is 15.4. The van der Waals surface area contributed by atoms with Crippen molar-refractivity contribution in [3.63, 3.8) is 0 Å². The van der Waals surface area contributed by atoms with E-state index in [0.717, 1.165) is 27.7 Å². The summed E-state index contributed by atoms with van der Waals surface area (Å²) in [5, 5.41) is 12.0. The number of carbonyl (C=O) groups excluding carboxylic acids is 3. The minimum absolute atomic E-state index is 0.0725. The lowest BCUT2D eigenvalue weighted by molar-refractivity contribution is -0.139. The van der Waals surface area contributed by atoms with Gasteiger partial charge in [-0.15, -0.1) is 0 Å². The molecule has 0 spiro atoms. The van der Waals surface area contributed by atoms with E-state index in [1.807, 2.05) is 43.3 Å². The molecule has 50 heavy (non-hydrogen) atoms. The highest BCUT2D eigenvalue weighted by Gasteiger charge is 2.33. The molecular weight excluding hydrogens is 649 g/mol. The molecule has 0 aliphatic heterocycles. The van der Waals surface area contributed by atoms with Gasteiger partial charge in [0.05, 0.1) is 17.5 Å². The van der Waals surface area contributed by atoms with Crippen LogP contribution in [0.5, 0.6) is 5.75 Å². The van der Waals surface area contributed by atoms with Crippen LogP contribution in [0.4, 0.5) is 18.9 Å². The maximum atomic E-state index is 13.3. The normalized spacial score (nSPS) is 11.0. The van der Waals surface area contributed by atoms with Crippen LogP contribution >= 0.6 is 0 Å². The SMILES string of the molecule is Cc1ccc(-c2ccc(C(=O)Oc3ccc(CN(CC(=O)O)C(=O)c4ccc(NC(=O)Cc5ccccc5C(F)(F)F)cc4)cc3)cc2)cc1. The van der Waals surface area contributed by atoms with E-state index in [-0.39, 0.29) is 29.1 Å². The van der Waals surface area contributed by atoms with Gasteiger partial charge in [0.1, 0.15) is 12.3 Å². The fraction of sp³-hybridized carbons (Fsp3) is 0.128. The highest BCUT2D eigenvalue weighted by atomic mass is 19.4. The van der Waals surface area contributed by atoms with Gasteiger partial charge < -0.3 is 20.1 Å². The summed E-state index contributed by atoms with van der Waals surface area (Å²) in [5.74, 6) is -2.81. The van der Waals surface area contributed by atoms with E-state index in [0.29, 0.717) is 11.1 Å². The summed E-state index contributed by atoms with van der Waals surface area (Å²) in [5.41, 5.74) is 3.36. The lowest BCUT2D eigenvalue weighted by Gasteiger charge is -2.21. The van der Waals surface area contributed by atoms with Crippen molar-refractivity contribution in [1.82, 2.24) is 4.90 Å². The van der Waals surface area contributed by atoms with Crippen LogP contribution in [0.1, 0.15) is 43.0 Å².